The predicted octanol–water partition coefficient (Wildman–Crippen LogP) is 3.28. The zero-order valence-electron chi connectivity index (χ0n) is 14.2. The van der Waals surface area contributed by atoms with Crippen LogP contribution in [-0.4, -0.2) is 26.4 Å². The van der Waals surface area contributed by atoms with Gasteiger partial charge in [0.15, 0.2) is 0 Å². The monoisotopic (exact) mass is 311 g/mol. The molecule has 1 aromatic heterocycles. The molecule has 1 aliphatic rings. The Bertz CT molecular complexity index is 689. The summed E-state index contributed by atoms with van der Waals surface area (Å²) in [5.41, 5.74) is 2.77. The molecule has 0 saturated heterocycles. The molecule has 1 unspecified atom stereocenters. The Morgan fingerprint density at radius 1 is 1.39 bits per heavy atom. The average Bonchev–Trinajstić information content (AvgIpc) is 3.11. The van der Waals surface area contributed by atoms with Crippen molar-refractivity contribution in [2.24, 2.45) is 7.05 Å². The average molecular weight is 311 g/mol. The fourth-order valence-corrected chi connectivity index (χ4v) is 3.45. The molecule has 1 atom stereocenters. The molecule has 3 rings (SSSR count). The van der Waals surface area contributed by atoms with Gasteiger partial charge < -0.3 is 9.47 Å². The van der Waals surface area contributed by atoms with Gasteiger partial charge >= 0.3 is 0 Å². The lowest BCUT2D eigenvalue weighted by Gasteiger charge is -2.28. The topological polar surface area (TPSA) is 38.1 Å². The highest BCUT2D eigenvalue weighted by atomic mass is 16.2. The number of amides is 1. The first kappa shape index (κ1) is 15.8. The molecular formula is C19H25N3O. The lowest BCUT2D eigenvalue weighted by Crippen LogP contribution is -2.37. The van der Waals surface area contributed by atoms with E-state index in [0.29, 0.717) is 18.9 Å². The second kappa shape index (κ2) is 6.57. The number of aromatic nitrogens is 2. The minimum atomic E-state index is 0.177. The number of fused-ring (bicyclic) bond motifs is 1. The maximum atomic E-state index is 12.9. The maximum absolute atomic E-state index is 12.9. The summed E-state index contributed by atoms with van der Waals surface area (Å²) in [5.74, 6) is 1.52. The van der Waals surface area contributed by atoms with Crippen molar-refractivity contribution in [3.63, 3.8) is 0 Å². The Labute approximate surface area is 138 Å². The van der Waals surface area contributed by atoms with Gasteiger partial charge in [0, 0.05) is 31.9 Å². The van der Waals surface area contributed by atoms with Gasteiger partial charge in [0.1, 0.15) is 5.82 Å². The van der Waals surface area contributed by atoms with Crippen LogP contribution in [0.5, 0.6) is 0 Å². The third-order valence-electron chi connectivity index (χ3n) is 4.85. The smallest absolute Gasteiger partial charge is 0.223 e. The molecule has 1 aromatic carbocycles. The Hall–Kier alpha value is -2.10. The molecule has 0 fully saturated rings. The summed E-state index contributed by atoms with van der Waals surface area (Å²) >= 11 is 0. The molecular weight excluding hydrogens is 286 g/mol. The Morgan fingerprint density at radius 3 is 2.87 bits per heavy atom. The van der Waals surface area contributed by atoms with Crippen molar-refractivity contribution in [2.45, 2.75) is 51.6 Å². The molecule has 0 bridgehead atoms. The Morgan fingerprint density at radius 2 is 2.17 bits per heavy atom. The Kier molecular flexibility index (Phi) is 4.51. The lowest BCUT2D eigenvalue weighted by atomic mass is 9.97. The van der Waals surface area contributed by atoms with Crippen molar-refractivity contribution in [2.75, 3.05) is 0 Å². The number of rotatable bonds is 5. The summed E-state index contributed by atoms with van der Waals surface area (Å²) in [6.07, 6.45) is 6.48. The van der Waals surface area contributed by atoms with Crippen LogP contribution in [0.4, 0.5) is 0 Å². The molecule has 0 aliphatic heterocycles. The number of carbonyl (C=O) groups is 1. The maximum Gasteiger partial charge on any atom is 0.223 e. The van der Waals surface area contributed by atoms with E-state index in [1.807, 2.05) is 22.7 Å². The largest absolute Gasteiger partial charge is 0.337 e. The second-order valence-electron chi connectivity index (χ2n) is 6.71. The highest BCUT2D eigenvalue weighted by Gasteiger charge is 2.27. The van der Waals surface area contributed by atoms with Crippen LogP contribution in [0.3, 0.4) is 0 Å². The van der Waals surface area contributed by atoms with Crippen molar-refractivity contribution < 1.29 is 4.79 Å². The number of carbonyl (C=O) groups excluding carboxylic acids is 1. The quantitative estimate of drug-likeness (QED) is 0.850. The van der Waals surface area contributed by atoms with E-state index in [4.69, 9.17) is 0 Å². The van der Waals surface area contributed by atoms with E-state index < -0.39 is 0 Å². The van der Waals surface area contributed by atoms with Crippen LogP contribution in [0, 0.1) is 0 Å². The normalized spacial score (nSPS) is 16.6. The van der Waals surface area contributed by atoms with Crippen molar-refractivity contribution in [3.8, 4) is 0 Å². The van der Waals surface area contributed by atoms with Gasteiger partial charge in [-0.15, -0.1) is 0 Å². The van der Waals surface area contributed by atoms with Crippen LogP contribution in [0.15, 0.2) is 36.7 Å². The molecule has 0 radical (unpaired) electrons. The van der Waals surface area contributed by atoms with E-state index in [1.165, 1.54) is 11.1 Å². The van der Waals surface area contributed by atoms with E-state index in [-0.39, 0.29) is 11.9 Å². The first-order valence-electron chi connectivity index (χ1n) is 8.39. The first-order valence-corrected chi connectivity index (χ1v) is 8.39. The van der Waals surface area contributed by atoms with Gasteiger partial charge in [0.05, 0.1) is 6.54 Å². The van der Waals surface area contributed by atoms with Gasteiger partial charge in [-0.25, -0.2) is 4.98 Å². The Balaban J connectivity index is 1.71. The summed E-state index contributed by atoms with van der Waals surface area (Å²) in [6.45, 7) is 4.72. The molecule has 2 aromatic rings. The molecule has 4 nitrogen and oxygen atoms in total. The van der Waals surface area contributed by atoms with Gasteiger partial charge in [-0.1, -0.05) is 24.3 Å². The molecule has 4 heteroatoms. The molecule has 0 spiro atoms. The van der Waals surface area contributed by atoms with E-state index in [0.717, 1.165) is 18.7 Å². The van der Waals surface area contributed by atoms with Crippen LogP contribution in [-0.2, 0) is 24.8 Å². The molecule has 0 saturated carbocycles. The van der Waals surface area contributed by atoms with Gasteiger partial charge in [-0.3, -0.25) is 4.79 Å². The lowest BCUT2D eigenvalue weighted by molar-refractivity contribution is -0.134. The van der Waals surface area contributed by atoms with Gasteiger partial charge in [0.2, 0.25) is 5.91 Å². The van der Waals surface area contributed by atoms with Gasteiger partial charge in [0.25, 0.3) is 0 Å². The molecule has 1 amide bonds. The van der Waals surface area contributed by atoms with Crippen LogP contribution in [0.25, 0.3) is 0 Å². The highest BCUT2D eigenvalue weighted by Crippen LogP contribution is 2.35. The van der Waals surface area contributed by atoms with Gasteiger partial charge in [-0.05, 0) is 43.7 Å². The summed E-state index contributed by atoms with van der Waals surface area (Å²) in [4.78, 5) is 19.2. The standard InChI is InChI=1S/C19H25N3O/c1-14(2)22(13-18-20-10-11-21(18)3)19(23)12-16-9-8-15-6-4-5-7-17(15)16/h4-7,10-11,14,16H,8-9,12-13H2,1-3H3. The van der Waals surface area contributed by atoms with E-state index >= 15 is 0 Å². The molecule has 1 heterocycles. The number of aryl methyl sites for hydroxylation is 2. The van der Waals surface area contributed by atoms with Crippen molar-refractivity contribution in [3.05, 3.63) is 53.6 Å². The molecule has 1 aliphatic carbocycles. The SMILES string of the molecule is CC(C)N(Cc1nccn1C)C(=O)CC1CCc2ccccc21. The minimum absolute atomic E-state index is 0.177. The summed E-state index contributed by atoms with van der Waals surface area (Å²) in [7, 11) is 1.97. The molecule has 23 heavy (non-hydrogen) atoms. The zero-order chi connectivity index (χ0) is 16.4. The van der Waals surface area contributed by atoms with Crippen molar-refractivity contribution >= 4 is 5.91 Å². The number of hydrogen-bond acceptors (Lipinski definition) is 2. The third-order valence-corrected chi connectivity index (χ3v) is 4.85. The van der Waals surface area contributed by atoms with E-state index in [2.05, 4.69) is 43.1 Å². The summed E-state index contributed by atoms with van der Waals surface area (Å²) in [5, 5.41) is 0. The highest BCUT2D eigenvalue weighted by molar-refractivity contribution is 5.77. The van der Waals surface area contributed by atoms with Gasteiger partial charge in [-0.2, -0.15) is 0 Å². The third kappa shape index (κ3) is 3.31. The fourth-order valence-electron chi connectivity index (χ4n) is 3.45. The molecule has 0 N–H and O–H groups in total. The second-order valence-corrected chi connectivity index (χ2v) is 6.71. The van der Waals surface area contributed by atoms with Crippen molar-refractivity contribution in [1.82, 2.24) is 14.5 Å². The number of nitrogens with zero attached hydrogens (tertiary/aromatic N) is 3. The number of benzene rings is 1. The van der Waals surface area contributed by atoms with Crippen LogP contribution >= 0.6 is 0 Å². The van der Waals surface area contributed by atoms with Crippen LogP contribution in [0.2, 0.25) is 0 Å². The van der Waals surface area contributed by atoms with E-state index in [1.54, 1.807) is 6.20 Å². The first-order chi connectivity index (χ1) is 11.1. The van der Waals surface area contributed by atoms with Crippen molar-refractivity contribution in [1.29, 1.82) is 0 Å². The van der Waals surface area contributed by atoms with E-state index in [9.17, 15) is 4.79 Å². The number of imidazole rings is 1. The zero-order valence-corrected chi connectivity index (χ0v) is 14.2. The predicted molar refractivity (Wildman–Crippen MR) is 91.0 cm³/mol. The molecule has 122 valence electrons. The minimum Gasteiger partial charge on any atom is -0.337 e. The number of hydrogen-bond donors (Lipinski definition) is 0. The van der Waals surface area contributed by atoms with Crippen LogP contribution in [0.1, 0.15) is 49.6 Å². The van der Waals surface area contributed by atoms with Crippen LogP contribution < -0.4 is 0 Å². The summed E-state index contributed by atoms with van der Waals surface area (Å²) in [6, 6.07) is 8.71. The summed E-state index contributed by atoms with van der Waals surface area (Å²) < 4.78 is 1.98. The fraction of sp³-hybridized carbons (Fsp3) is 0.474.